The lowest BCUT2D eigenvalue weighted by molar-refractivity contribution is -0.143. The molecule has 4 heteroatoms. The highest BCUT2D eigenvalue weighted by molar-refractivity contribution is 5.73. The fraction of sp³-hybridized carbons (Fsp3) is 0.923. The molecule has 2 unspecified atom stereocenters. The van der Waals surface area contributed by atoms with Crippen molar-refractivity contribution in [1.82, 2.24) is 4.90 Å². The van der Waals surface area contributed by atoms with Gasteiger partial charge in [0.15, 0.2) is 0 Å². The highest BCUT2D eigenvalue weighted by Gasteiger charge is 2.25. The zero-order chi connectivity index (χ0) is 12.7. The van der Waals surface area contributed by atoms with Crippen LogP contribution < -0.4 is 0 Å². The highest BCUT2D eigenvalue weighted by Crippen LogP contribution is 2.17. The van der Waals surface area contributed by atoms with Crippen LogP contribution in [0.25, 0.3) is 0 Å². The van der Waals surface area contributed by atoms with Crippen molar-refractivity contribution in [2.75, 3.05) is 26.8 Å². The van der Waals surface area contributed by atoms with Gasteiger partial charge >= 0.3 is 5.97 Å². The first-order chi connectivity index (χ1) is 8.15. The van der Waals surface area contributed by atoms with E-state index < -0.39 is 5.97 Å². The van der Waals surface area contributed by atoms with Crippen LogP contribution >= 0.6 is 0 Å². The molecule has 0 aromatic heterocycles. The first-order valence-electron chi connectivity index (χ1n) is 6.66. The molecule has 1 aliphatic heterocycles. The normalized spacial score (nSPS) is 22.6. The molecule has 0 radical (unpaired) electrons. The Morgan fingerprint density at radius 3 is 2.88 bits per heavy atom. The molecular formula is C13H25NO3. The zero-order valence-electron chi connectivity index (χ0n) is 11.0. The van der Waals surface area contributed by atoms with Crippen LogP contribution in [0, 0.1) is 5.92 Å². The number of hydrogen-bond acceptors (Lipinski definition) is 3. The summed E-state index contributed by atoms with van der Waals surface area (Å²) in [4.78, 5) is 13.2. The third kappa shape index (κ3) is 5.04. The number of carboxylic acid groups (broad SMARTS) is 1. The van der Waals surface area contributed by atoms with Crippen LogP contribution in [0.4, 0.5) is 0 Å². The summed E-state index contributed by atoms with van der Waals surface area (Å²) in [6.07, 6.45) is 5.03. The summed E-state index contributed by atoms with van der Waals surface area (Å²) in [6, 6.07) is -0.336. The molecule has 0 aliphatic carbocycles. The molecule has 0 spiro atoms. The van der Waals surface area contributed by atoms with Crippen molar-refractivity contribution in [1.29, 1.82) is 0 Å². The molecule has 0 bridgehead atoms. The molecule has 1 rings (SSSR count). The van der Waals surface area contributed by atoms with Gasteiger partial charge in [-0.3, -0.25) is 9.69 Å². The third-order valence-corrected chi connectivity index (χ3v) is 3.45. The molecule has 100 valence electrons. The number of nitrogens with zero attached hydrogens (tertiary/aromatic N) is 1. The molecule has 1 aliphatic rings. The van der Waals surface area contributed by atoms with Crippen LogP contribution in [0.5, 0.6) is 0 Å². The van der Waals surface area contributed by atoms with E-state index in [9.17, 15) is 9.90 Å². The minimum absolute atomic E-state index is 0.336. The summed E-state index contributed by atoms with van der Waals surface area (Å²) in [7, 11) is 1.92. The number of carbonyl (C=O) groups is 1. The predicted molar refractivity (Wildman–Crippen MR) is 67.1 cm³/mol. The smallest absolute Gasteiger partial charge is 0.320 e. The lowest BCUT2D eigenvalue weighted by atomic mass is 10.00. The minimum Gasteiger partial charge on any atom is -0.480 e. The lowest BCUT2D eigenvalue weighted by Crippen LogP contribution is -2.42. The van der Waals surface area contributed by atoms with E-state index in [1.807, 2.05) is 11.9 Å². The highest BCUT2D eigenvalue weighted by atomic mass is 16.5. The molecule has 1 N–H and O–H groups in total. The fourth-order valence-electron chi connectivity index (χ4n) is 2.42. The Bertz CT molecular complexity index is 227. The van der Waals surface area contributed by atoms with E-state index in [0.717, 1.165) is 51.9 Å². The number of likely N-dealkylation sites (N-methyl/N-ethyl adjacent to an activating group) is 1. The molecule has 1 fully saturated rings. The van der Waals surface area contributed by atoms with Crippen molar-refractivity contribution in [2.45, 2.75) is 45.1 Å². The average Bonchev–Trinajstić information content (AvgIpc) is 2.30. The first kappa shape index (κ1) is 14.5. The van der Waals surface area contributed by atoms with Crippen LogP contribution in [0.2, 0.25) is 0 Å². The Kier molecular flexibility index (Phi) is 6.52. The van der Waals surface area contributed by atoms with Crippen LogP contribution in [-0.4, -0.2) is 48.8 Å². The van der Waals surface area contributed by atoms with Gasteiger partial charge in [0.25, 0.3) is 0 Å². The zero-order valence-corrected chi connectivity index (χ0v) is 11.0. The number of unbranched alkanes of at least 4 members (excludes halogenated alkanes) is 1. The van der Waals surface area contributed by atoms with E-state index in [-0.39, 0.29) is 6.04 Å². The Morgan fingerprint density at radius 1 is 1.59 bits per heavy atom. The van der Waals surface area contributed by atoms with Gasteiger partial charge in [0, 0.05) is 13.2 Å². The van der Waals surface area contributed by atoms with Crippen LogP contribution in [-0.2, 0) is 9.53 Å². The fourth-order valence-corrected chi connectivity index (χ4v) is 2.42. The van der Waals surface area contributed by atoms with Crippen molar-refractivity contribution in [3.8, 4) is 0 Å². The number of ether oxygens (including phenoxy) is 1. The molecule has 1 saturated heterocycles. The number of aliphatic carboxylic acids is 1. The summed E-state index contributed by atoms with van der Waals surface area (Å²) in [5.41, 5.74) is 0. The number of rotatable bonds is 7. The van der Waals surface area contributed by atoms with E-state index >= 15 is 0 Å². The molecule has 17 heavy (non-hydrogen) atoms. The third-order valence-electron chi connectivity index (χ3n) is 3.45. The van der Waals surface area contributed by atoms with Crippen LogP contribution in [0.1, 0.15) is 39.0 Å². The summed E-state index contributed by atoms with van der Waals surface area (Å²) in [5.74, 6) is -0.199. The van der Waals surface area contributed by atoms with E-state index in [4.69, 9.17) is 4.74 Å². The van der Waals surface area contributed by atoms with Crippen molar-refractivity contribution in [3.05, 3.63) is 0 Å². The summed E-state index contributed by atoms with van der Waals surface area (Å²) in [6.45, 7) is 4.57. The van der Waals surface area contributed by atoms with Crippen molar-refractivity contribution < 1.29 is 14.6 Å². The Morgan fingerprint density at radius 2 is 2.35 bits per heavy atom. The molecular weight excluding hydrogens is 218 g/mol. The Balaban J connectivity index is 2.40. The van der Waals surface area contributed by atoms with Crippen LogP contribution in [0.3, 0.4) is 0 Å². The van der Waals surface area contributed by atoms with Gasteiger partial charge in [-0.15, -0.1) is 0 Å². The van der Waals surface area contributed by atoms with Crippen molar-refractivity contribution in [3.63, 3.8) is 0 Å². The van der Waals surface area contributed by atoms with Gasteiger partial charge in [0.05, 0.1) is 6.61 Å². The maximum Gasteiger partial charge on any atom is 0.320 e. The molecule has 4 nitrogen and oxygen atoms in total. The summed E-state index contributed by atoms with van der Waals surface area (Å²) < 4.78 is 5.43. The van der Waals surface area contributed by atoms with Gasteiger partial charge in [0.1, 0.15) is 6.04 Å². The van der Waals surface area contributed by atoms with Gasteiger partial charge in [0.2, 0.25) is 0 Å². The molecule has 0 saturated carbocycles. The molecule has 2 atom stereocenters. The quantitative estimate of drug-likeness (QED) is 0.743. The standard InChI is InChI=1S/C13H25NO3/c1-3-4-7-12(13(15)16)14(2)9-11-6-5-8-17-10-11/h11-12H,3-10H2,1-2H3,(H,15,16). The number of carboxylic acids is 1. The van der Waals surface area contributed by atoms with Gasteiger partial charge < -0.3 is 9.84 Å². The maximum absolute atomic E-state index is 11.2. The van der Waals surface area contributed by atoms with Gasteiger partial charge in [-0.2, -0.15) is 0 Å². The molecule has 0 amide bonds. The number of hydrogen-bond donors (Lipinski definition) is 1. The molecule has 1 heterocycles. The Hall–Kier alpha value is -0.610. The van der Waals surface area contributed by atoms with Crippen LogP contribution in [0.15, 0.2) is 0 Å². The van der Waals surface area contributed by atoms with Gasteiger partial charge in [-0.05, 0) is 32.2 Å². The van der Waals surface area contributed by atoms with E-state index in [1.165, 1.54) is 0 Å². The van der Waals surface area contributed by atoms with E-state index in [1.54, 1.807) is 0 Å². The largest absolute Gasteiger partial charge is 0.480 e. The van der Waals surface area contributed by atoms with Gasteiger partial charge in [-0.25, -0.2) is 0 Å². The monoisotopic (exact) mass is 243 g/mol. The minimum atomic E-state index is -0.697. The molecule has 0 aromatic rings. The summed E-state index contributed by atoms with van der Waals surface area (Å²) in [5, 5.41) is 9.23. The molecule has 0 aromatic carbocycles. The van der Waals surface area contributed by atoms with E-state index in [2.05, 4.69) is 6.92 Å². The second-order valence-electron chi connectivity index (χ2n) is 5.02. The summed E-state index contributed by atoms with van der Waals surface area (Å²) >= 11 is 0. The predicted octanol–water partition coefficient (Wildman–Crippen LogP) is 1.99. The lowest BCUT2D eigenvalue weighted by Gasteiger charge is -2.30. The van der Waals surface area contributed by atoms with Crippen molar-refractivity contribution in [2.24, 2.45) is 5.92 Å². The topological polar surface area (TPSA) is 49.8 Å². The SMILES string of the molecule is CCCCC(C(=O)O)N(C)CC1CCCOC1. The van der Waals surface area contributed by atoms with Crippen molar-refractivity contribution >= 4 is 5.97 Å². The second-order valence-corrected chi connectivity index (χ2v) is 5.02. The maximum atomic E-state index is 11.2. The first-order valence-corrected chi connectivity index (χ1v) is 6.66. The average molecular weight is 243 g/mol. The second kappa shape index (κ2) is 7.67. The van der Waals surface area contributed by atoms with E-state index in [0.29, 0.717) is 5.92 Å². The Labute approximate surface area is 104 Å². The van der Waals surface area contributed by atoms with Gasteiger partial charge in [-0.1, -0.05) is 19.8 Å².